The third-order valence-corrected chi connectivity index (χ3v) is 4.60. The predicted molar refractivity (Wildman–Crippen MR) is 110 cm³/mol. The number of carbonyl (C=O) groups is 3. The molecule has 0 saturated heterocycles. The Hall–Kier alpha value is -2.67. The molecule has 1 unspecified atom stereocenters. The lowest BCUT2D eigenvalue weighted by molar-refractivity contribution is -0.147. The van der Waals surface area contributed by atoms with E-state index >= 15 is 0 Å². The molecule has 2 amide bonds. The maximum atomic E-state index is 12.0. The van der Waals surface area contributed by atoms with Gasteiger partial charge < -0.3 is 15.4 Å². The molecule has 0 aliphatic heterocycles. The van der Waals surface area contributed by atoms with Crippen molar-refractivity contribution in [3.05, 3.63) is 69.7 Å². The third kappa shape index (κ3) is 6.81. The number of aryl methyl sites for hydroxylation is 1. The van der Waals surface area contributed by atoms with Crippen LogP contribution in [0.15, 0.2) is 53.0 Å². The molecular weight excluding hydrogens is 424 g/mol. The van der Waals surface area contributed by atoms with Gasteiger partial charge in [0.05, 0.1) is 6.04 Å². The zero-order chi connectivity index (χ0) is 20.5. The maximum absolute atomic E-state index is 12.0. The van der Waals surface area contributed by atoms with E-state index in [0.29, 0.717) is 5.56 Å². The number of benzene rings is 2. The van der Waals surface area contributed by atoms with Gasteiger partial charge in [0.2, 0.25) is 0 Å². The molecule has 0 heterocycles. The largest absolute Gasteiger partial charge is 0.454 e. The molecule has 0 bridgehead atoms. The molecule has 0 saturated carbocycles. The molecule has 1 atom stereocenters. The molecule has 0 aromatic heterocycles. The Bertz CT molecular complexity index is 837. The van der Waals surface area contributed by atoms with E-state index in [0.717, 1.165) is 16.5 Å². The molecule has 2 aromatic carbocycles. The second-order valence-electron chi connectivity index (χ2n) is 6.24. The fourth-order valence-electron chi connectivity index (χ4n) is 2.49. The summed E-state index contributed by atoms with van der Waals surface area (Å²) >= 11 is 3.28. The average molecular weight is 447 g/mol. The molecule has 28 heavy (non-hydrogen) atoms. The monoisotopic (exact) mass is 446 g/mol. The van der Waals surface area contributed by atoms with Crippen LogP contribution in [-0.4, -0.2) is 30.9 Å². The quantitative estimate of drug-likeness (QED) is 0.609. The van der Waals surface area contributed by atoms with E-state index in [-0.39, 0.29) is 12.6 Å². The summed E-state index contributed by atoms with van der Waals surface area (Å²) in [4.78, 5) is 35.7. The van der Waals surface area contributed by atoms with Crippen molar-refractivity contribution in [1.29, 1.82) is 0 Å². The lowest BCUT2D eigenvalue weighted by Crippen LogP contribution is -2.34. The number of nitrogens with one attached hydrogen (secondary N) is 2. The van der Waals surface area contributed by atoms with Gasteiger partial charge in [-0.2, -0.15) is 0 Å². The average Bonchev–Trinajstić information content (AvgIpc) is 2.70. The van der Waals surface area contributed by atoms with Crippen molar-refractivity contribution in [3.8, 4) is 0 Å². The van der Waals surface area contributed by atoms with Crippen LogP contribution in [-0.2, 0) is 20.7 Å². The summed E-state index contributed by atoms with van der Waals surface area (Å²) in [5.41, 5.74) is 2.61. The smallest absolute Gasteiger partial charge is 0.325 e. The summed E-state index contributed by atoms with van der Waals surface area (Å²) < 4.78 is 5.67. The first kappa shape index (κ1) is 21.6. The topological polar surface area (TPSA) is 84.5 Å². The fourth-order valence-corrected chi connectivity index (χ4v) is 2.89. The fraction of sp³-hybridized carbons (Fsp3) is 0.286. The molecule has 2 N–H and O–H groups in total. The van der Waals surface area contributed by atoms with Gasteiger partial charge in [-0.05, 0) is 42.7 Å². The van der Waals surface area contributed by atoms with Crippen molar-refractivity contribution in [2.45, 2.75) is 26.3 Å². The number of rotatable bonds is 8. The molecule has 6 nitrogen and oxygen atoms in total. The molecular formula is C21H23BrN2O4. The molecule has 7 heteroatoms. The van der Waals surface area contributed by atoms with Crippen molar-refractivity contribution in [3.63, 3.8) is 0 Å². The van der Waals surface area contributed by atoms with Gasteiger partial charge in [0.25, 0.3) is 11.8 Å². The number of esters is 1. The first-order valence-electron chi connectivity index (χ1n) is 8.96. The van der Waals surface area contributed by atoms with Crippen molar-refractivity contribution in [1.82, 2.24) is 10.6 Å². The highest BCUT2D eigenvalue weighted by molar-refractivity contribution is 9.10. The van der Waals surface area contributed by atoms with Crippen molar-refractivity contribution in [2.75, 3.05) is 13.2 Å². The van der Waals surface area contributed by atoms with Gasteiger partial charge in [-0.25, -0.2) is 0 Å². The Labute approximate surface area is 172 Å². The third-order valence-electron chi connectivity index (χ3n) is 4.11. The number of hydrogen-bond acceptors (Lipinski definition) is 4. The molecule has 2 aromatic rings. The number of amides is 2. The Morgan fingerprint density at radius 1 is 1.11 bits per heavy atom. The summed E-state index contributed by atoms with van der Waals surface area (Å²) in [5, 5.41) is 5.24. The van der Waals surface area contributed by atoms with E-state index in [1.807, 2.05) is 31.2 Å². The predicted octanol–water partition coefficient (Wildman–Crippen LogP) is 3.16. The van der Waals surface area contributed by atoms with Gasteiger partial charge in [-0.15, -0.1) is 0 Å². The standard InChI is InChI=1S/C21H23BrN2O4/c1-3-15-7-9-16(10-8-15)14(2)24-19(25)13-28-20(26)12-23-21(27)17-5-4-6-18(22)11-17/h4-11,14H,3,12-13H2,1-2H3,(H,23,27)(H,24,25). The van der Waals surface area contributed by atoms with Crippen molar-refractivity contribution >= 4 is 33.7 Å². The SMILES string of the molecule is CCc1ccc(C(C)NC(=O)COC(=O)CNC(=O)c2cccc(Br)c2)cc1. The number of carbonyl (C=O) groups excluding carboxylic acids is 3. The van der Waals surface area contributed by atoms with Crippen LogP contribution in [0.1, 0.15) is 41.4 Å². The van der Waals surface area contributed by atoms with Crippen LogP contribution in [0, 0.1) is 0 Å². The second kappa shape index (κ2) is 10.6. The maximum Gasteiger partial charge on any atom is 0.325 e. The summed E-state index contributed by atoms with van der Waals surface area (Å²) in [6.07, 6.45) is 0.953. The first-order valence-corrected chi connectivity index (χ1v) is 9.76. The summed E-state index contributed by atoms with van der Waals surface area (Å²) in [6, 6.07) is 14.6. The van der Waals surface area contributed by atoms with E-state index in [1.54, 1.807) is 24.3 Å². The molecule has 148 valence electrons. The van der Waals surface area contributed by atoms with Gasteiger partial charge in [0, 0.05) is 10.0 Å². The van der Waals surface area contributed by atoms with E-state index in [2.05, 4.69) is 33.5 Å². The van der Waals surface area contributed by atoms with Gasteiger partial charge in [0.15, 0.2) is 6.61 Å². The number of hydrogen-bond donors (Lipinski definition) is 2. The van der Waals surface area contributed by atoms with Crippen LogP contribution < -0.4 is 10.6 Å². The summed E-state index contributed by atoms with van der Waals surface area (Å²) in [7, 11) is 0. The minimum Gasteiger partial charge on any atom is -0.454 e. The van der Waals surface area contributed by atoms with Crippen molar-refractivity contribution < 1.29 is 19.1 Å². The highest BCUT2D eigenvalue weighted by Crippen LogP contribution is 2.14. The molecule has 0 spiro atoms. The summed E-state index contributed by atoms with van der Waals surface area (Å²) in [6.45, 7) is 3.23. The minimum absolute atomic E-state index is 0.201. The number of halogens is 1. The Morgan fingerprint density at radius 2 is 1.82 bits per heavy atom. The first-order chi connectivity index (χ1) is 13.4. The van der Waals surface area contributed by atoms with Crippen LogP contribution in [0.2, 0.25) is 0 Å². The van der Waals surface area contributed by atoms with Gasteiger partial charge in [-0.3, -0.25) is 14.4 Å². The van der Waals surface area contributed by atoms with E-state index in [4.69, 9.17) is 4.74 Å². The Morgan fingerprint density at radius 3 is 2.46 bits per heavy atom. The molecule has 0 aliphatic rings. The van der Waals surface area contributed by atoms with Crippen LogP contribution in [0.5, 0.6) is 0 Å². The molecule has 0 fully saturated rings. The zero-order valence-electron chi connectivity index (χ0n) is 15.8. The Kier molecular flexibility index (Phi) is 8.19. The van der Waals surface area contributed by atoms with Crippen LogP contribution in [0.25, 0.3) is 0 Å². The highest BCUT2D eigenvalue weighted by atomic mass is 79.9. The van der Waals surface area contributed by atoms with Crippen LogP contribution in [0.3, 0.4) is 0 Å². The van der Waals surface area contributed by atoms with E-state index < -0.39 is 24.4 Å². The summed E-state index contributed by atoms with van der Waals surface area (Å²) in [5.74, 6) is -1.48. The van der Waals surface area contributed by atoms with Crippen LogP contribution >= 0.6 is 15.9 Å². The van der Waals surface area contributed by atoms with Crippen LogP contribution in [0.4, 0.5) is 0 Å². The molecule has 2 rings (SSSR count). The lowest BCUT2D eigenvalue weighted by atomic mass is 10.1. The number of ether oxygens (including phenoxy) is 1. The van der Waals surface area contributed by atoms with E-state index in [1.165, 1.54) is 5.56 Å². The normalized spacial score (nSPS) is 11.4. The Balaban J connectivity index is 1.72. The van der Waals surface area contributed by atoms with E-state index in [9.17, 15) is 14.4 Å². The minimum atomic E-state index is -0.682. The van der Waals surface area contributed by atoms with Gasteiger partial charge in [-0.1, -0.05) is 53.2 Å². The van der Waals surface area contributed by atoms with Gasteiger partial charge >= 0.3 is 5.97 Å². The zero-order valence-corrected chi connectivity index (χ0v) is 17.4. The van der Waals surface area contributed by atoms with Crippen molar-refractivity contribution in [2.24, 2.45) is 0 Å². The molecule has 0 aliphatic carbocycles. The second-order valence-corrected chi connectivity index (χ2v) is 7.15. The highest BCUT2D eigenvalue weighted by Gasteiger charge is 2.13. The lowest BCUT2D eigenvalue weighted by Gasteiger charge is -2.15. The molecule has 0 radical (unpaired) electrons. The van der Waals surface area contributed by atoms with Gasteiger partial charge in [0.1, 0.15) is 6.54 Å².